The summed E-state index contributed by atoms with van der Waals surface area (Å²) in [7, 11) is 0. The number of carbonyl (C=O) groups excluding carboxylic acids is 2. The number of likely N-dealkylation sites (tertiary alicyclic amines) is 1. The zero-order chi connectivity index (χ0) is 15.7. The van der Waals surface area contributed by atoms with E-state index in [1.165, 1.54) is 11.1 Å². The Kier molecular flexibility index (Phi) is 4.43. The predicted molar refractivity (Wildman–Crippen MR) is 88.8 cm³/mol. The molecular weight excluding hydrogens is 296 g/mol. The van der Waals surface area contributed by atoms with Crippen molar-refractivity contribution in [1.29, 1.82) is 0 Å². The van der Waals surface area contributed by atoms with Gasteiger partial charge in [-0.1, -0.05) is 24.3 Å². The van der Waals surface area contributed by atoms with Crippen LogP contribution < -0.4 is 0 Å². The Morgan fingerprint density at radius 3 is 2.82 bits per heavy atom. The number of hydrogen-bond donors (Lipinski definition) is 0. The van der Waals surface area contributed by atoms with Crippen molar-refractivity contribution in [3.8, 4) is 0 Å². The fraction of sp³-hybridized carbons (Fsp3) is 0.529. The second-order valence-corrected chi connectivity index (χ2v) is 7.21. The van der Waals surface area contributed by atoms with E-state index in [0.717, 1.165) is 13.0 Å². The van der Waals surface area contributed by atoms with Crippen LogP contribution in [0.4, 0.5) is 0 Å². The van der Waals surface area contributed by atoms with Gasteiger partial charge in [0, 0.05) is 18.5 Å². The van der Waals surface area contributed by atoms with E-state index < -0.39 is 0 Å². The molecule has 2 heterocycles. The van der Waals surface area contributed by atoms with E-state index in [9.17, 15) is 9.59 Å². The highest BCUT2D eigenvalue weighted by molar-refractivity contribution is 8.00. The van der Waals surface area contributed by atoms with Crippen molar-refractivity contribution in [2.75, 3.05) is 24.7 Å². The molecule has 22 heavy (non-hydrogen) atoms. The Morgan fingerprint density at radius 2 is 2.14 bits per heavy atom. The van der Waals surface area contributed by atoms with Crippen LogP contribution in [0, 0.1) is 6.92 Å². The molecule has 0 radical (unpaired) electrons. The number of aryl methyl sites for hydroxylation is 1. The first-order valence-corrected chi connectivity index (χ1v) is 8.92. The summed E-state index contributed by atoms with van der Waals surface area (Å²) in [5.41, 5.74) is 2.64. The van der Waals surface area contributed by atoms with Crippen molar-refractivity contribution in [1.82, 2.24) is 9.80 Å². The minimum Gasteiger partial charge on any atom is -0.338 e. The molecule has 2 atom stereocenters. The maximum Gasteiger partial charge on any atom is 0.242 e. The van der Waals surface area contributed by atoms with Gasteiger partial charge in [-0.25, -0.2) is 0 Å². The van der Waals surface area contributed by atoms with Gasteiger partial charge in [-0.05, 0) is 31.4 Å². The molecule has 3 rings (SSSR count). The average molecular weight is 318 g/mol. The molecule has 1 aromatic carbocycles. The van der Waals surface area contributed by atoms with Gasteiger partial charge in [0.2, 0.25) is 11.8 Å². The lowest BCUT2D eigenvalue weighted by molar-refractivity contribution is -0.138. The van der Waals surface area contributed by atoms with Crippen molar-refractivity contribution in [2.24, 2.45) is 0 Å². The lowest BCUT2D eigenvalue weighted by atomic mass is 9.93. The highest BCUT2D eigenvalue weighted by Crippen LogP contribution is 2.33. The average Bonchev–Trinajstić information content (AvgIpc) is 3.06. The fourth-order valence-corrected chi connectivity index (χ4v) is 4.35. The molecule has 5 heteroatoms. The van der Waals surface area contributed by atoms with E-state index in [1.54, 1.807) is 16.7 Å². The van der Waals surface area contributed by atoms with Crippen LogP contribution in [0.2, 0.25) is 0 Å². The minimum atomic E-state index is 0.0828. The zero-order valence-corrected chi connectivity index (χ0v) is 13.9. The van der Waals surface area contributed by atoms with Crippen LogP contribution in [0.25, 0.3) is 0 Å². The standard InChI is InChI=1S/C17H22N2O2S/c1-12-5-3-4-6-15(12)14-7-13(2)19(8-14)16(20)9-18-11-22-10-17(18)21/h3-6,13-14H,7-11H2,1-2H3/t13-,14-/m0/s1. The first-order valence-electron chi connectivity index (χ1n) is 7.76. The Labute approximate surface area is 135 Å². The number of thioether (sulfide) groups is 1. The number of carbonyl (C=O) groups is 2. The molecule has 2 aliphatic rings. The van der Waals surface area contributed by atoms with Gasteiger partial charge >= 0.3 is 0 Å². The molecule has 0 spiro atoms. The number of rotatable bonds is 3. The third-order valence-corrected chi connectivity index (χ3v) is 5.62. The third kappa shape index (κ3) is 3.00. The van der Waals surface area contributed by atoms with Gasteiger partial charge in [-0.15, -0.1) is 11.8 Å². The topological polar surface area (TPSA) is 40.6 Å². The predicted octanol–water partition coefficient (Wildman–Crippen LogP) is 2.23. The summed E-state index contributed by atoms with van der Waals surface area (Å²) in [4.78, 5) is 27.8. The molecule has 1 aromatic rings. The second-order valence-electron chi connectivity index (χ2n) is 6.25. The summed E-state index contributed by atoms with van der Waals surface area (Å²) in [6.07, 6.45) is 0.999. The van der Waals surface area contributed by atoms with Gasteiger partial charge in [-0.2, -0.15) is 0 Å². The molecule has 2 fully saturated rings. The summed E-state index contributed by atoms with van der Waals surface area (Å²) in [6.45, 7) is 5.23. The van der Waals surface area contributed by atoms with Crippen LogP contribution in [0.15, 0.2) is 24.3 Å². The maximum absolute atomic E-state index is 12.5. The van der Waals surface area contributed by atoms with E-state index in [-0.39, 0.29) is 24.4 Å². The van der Waals surface area contributed by atoms with Gasteiger partial charge in [0.25, 0.3) is 0 Å². The number of benzene rings is 1. The highest BCUT2D eigenvalue weighted by Gasteiger charge is 2.35. The van der Waals surface area contributed by atoms with Crippen molar-refractivity contribution < 1.29 is 9.59 Å². The summed E-state index contributed by atoms with van der Waals surface area (Å²) >= 11 is 1.58. The monoisotopic (exact) mass is 318 g/mol. The number of hydrogen-bond acceptors (Lipinski definition) is 3. The van der Waals surface area contributed by atoms with Crippen molar-refractivity contribution in [3.05, 3.63) is 35.4 Å². The fourth-order valence-electron chi connectivity index (χ4n) is 3.44. The van der Waals surface area contributed by atoms with Crippen LogP contribution in [-0.2, 0) is 9.59 Å². The smallest absolute Gasteiger partial charge is 0.242 e. The van der Waals surface area contributed by atoms with Crippen LogP contribution in [0.5, 0.6) is 0 Å². The molecule has 0 aliphatic carbocycles. The van der Waals surface area contributed by atoms with Gasteiger partial charge in [0.15, 0.2) is 0 Å². The molecule has 2 amide bonds. The van der Waals surface area contributed by atoms with E-state index in [0.29, 0.717) is 17.5 Å². The Hall–Kier alpha value is -1.49. The largest absolute Gasteiger partial charge is 0.338 e. The van der Waals surface area contributed by atoms with Gasteiger partial charge in [-0.3, -0.25) is 9.59 Å². The lowest BCUT2D eigenvalue weighted by Crippen LogP contribution is -2.42. The normalized spacial score (nSPS) is 25.1. The minimum absolute atomic E-state index is 0.0828. The number of nitrogens with zero attached hydrogens (tertiary/aromatic N) is 2. The van der Waals surface area contributed by atoms with Crippen LogP contribution in [0.3, 0.4) is 0 Å². The SMILES string of the molecule is Cc1ccccc1[C@H]1C[C@H](C)N(C(=O)CN2CSCC2=O)C1. The molecule has 0 aromatic heterocycles. The van der Waals surface area contributed by atoms with Crippen molar-refractivity contribution in [3.63, 3.8) is 0 Å². The van der Waals surface area contributed by atoms with E-state index in [4.69, 9.17) is 0 Å². The molecule has 0 unspecified atom stereocenters. The second kappa shape index (κ2) is 6.32. The molecule has 2 saturated heterocycles. The Balaban J connectivity index is 1.67. The van der Waals surface area contributed by atoms with Gasteiger partial charge in [0.1, 0.15) is 6.54 Å². The van der Waals surface area contributed by atoms with Gasteiger partial charge < -0.3 is 9.80 Å². The number of amides is 2. The first-order chi connectivity index (χ1) is 10.6. The van der Waals surface area contributed by atoms with Gasteiger partial charge in [0.05, 0.1) is 11.6 Å². The van der Waals surface area contributed by atoms with Crippen molar-refractivity contribution >= 4 is 23.6 Å². The Morgan fingerprint density at radius 1 is 1.36 bits per heavy atom. The molecule has 0 N–H and O–H groups in total. The Bertz CT molecular complexity index is 590. The first kappa shape index (κ1) is 15.4. The molecule has 4 nitrogen and oxygen atoms in total. The van der Waals surface area contributed by atoms with E-state index in [2.05, 4.69) is 38.1 Å². The van der Waals surface area contributed by atoms with Crippen LogP contribution in [-0.4, -0.2) is 52.4 Å². The van der Waals surface area contributed by atoms with Crippen molar-refractivity contribution in [2.45, 2.75) is 32.2 Å². The zero-order valence-electron chi connectivity index (χ0n) is 13.1. The molecule has 118 valence electrons. The quantitative estimate of drug-likeness (QED) is 0.858. The highest BCUT2D eigenvalue weighted by atomic mass is 32.2. The summed E-state index contributed by atoms with van der Waals surface area (Å²) in [6, 6.07) is 8.66. The summed E-state index contributed by atoms with van der Waals surface area (Å²) < 4.78 is 0. The maximum atomic E-state index is 12.5. The third-order valence-electron chi connectivity index (χ3n) is 4.67. The lowest BCUT2D eigenvalue weighted by Gasteiger charge is -2.24. The molecule has 2 aliphatic heterocycles. The summed E-state index contributed by atoms with van der Waals surface area (Å²) in [5.74, 6) is 1.73. The van der Waals surface area contributed by atoms with Crippen LogP contribution >= 0.6 is 11.8 Å². The van der Waals surface area contributed by atoms with Crippen LogP contribution in [0.1, 0.15) is 30.4 Å². The van der Waals surface area contributed by atoms with E-state index >= 15 is 0 Å². The molecule has 0 saturated carbocycles. The molecule has 0 bridgehead atoms. The molecular formula is C17H22N2O2S. The summed E-state index contributed by atoms with van der Waals surface area (Å²) in [5, 5.41) is 0. The van der Waals surface area contributed by atoms with E-state index in [1.807, 2.05) is 4.90 Å².